The second-order valence-corrected chi connectivity index (χ2v) is 6.24. The lowest BCUT2D eigenvalue weighted by molar-refractivity contribution is 0.0456. The van der Waals surface area contributed by atoms with Crippen molar-refractivity contribution in [2.75, 3.05) is 13.1 Å². The fourth-order valence-corrected chi connectivity index (χ4v) is 3.57. The number of rotatable bonds is 3. The summed E-state index contributed by atoms with van der Waals surface area (Å²) in [5.41, 5.74) is 0.731. The van der Waals surface area contributed by atoms with E-state index in [0.29, 0.717) is 0 Å². The smallest absolute Gasteiger partial charge is 0.411 e. The molecule has 2 aliphatic rings. The predicted octanol–water partition coefficient (Wildman–Crippen LogP) is 3.10. The maximum atomic E-state index is 12.5. The zero-order chi connectivity index (χ0) is 14.9. The van der Waals surface area contributed by atoms with Gasteiger partial charge in [0.05, 0.1) is 0 Å². The van der Waals surface area contributed by atoms with Crippen LogP contribution in [0, 0.1) is 0 Å². The summed E-state index contributed by atoms with van der Waals surface area (Å²) in [5, 5.41) is 3.36. The van der Waals surface area contributed by atoms with Crippen molar-refractivity contribution < 1.29 is 9.53 Å². The monoisotopic (exact) mass is 288 g/mol. The lowest BCUT2D eigenvalue weighted by Crippen LogP contribution is -2.46. The van der Waals surface area contributed by atoms with E-state index >= 15 is 0 Å². The first-order valence-electron chi connectivity index (χ1n) is 7.92. The molecule has 1 aromatic carbocycles. The number of ether oxygens (including phenoxy) is 1. The van der Waals surface area contributed by atoms with Gasteiger partial charge in [-0.3, -0.25) is 4.90 Å². The molecule has 2 aliphatic heterocycles. The van der Waals surface area contributed by atoms with Gasteiger partial charge in [-0.25, -0.2) is 4.79 Å². The first kappa shape index (κ1) is 14.4. The normalized spacial score (nSPS) is 30.5. The first-order chi connectivity index (χ1) is 10.2. The van der Waals surface area contributed by atoms with Crippen molar-refractivity contribution in [2.24, 2.45) is 0 Å². The molecule has 114 valence electrons. The van der Waals surface area contributed by atoms with Crippen LogP contribution < -0.4 is 5.32 Å². The van der Waals surface area contributed by atoms with Crippen LogP contribution in [0.2, 0.25) is 0 Å². The summed E-state index contributed by atoms with van der Waals surface area (Å²) in [4.78, 5) is 14.5. The number of carbonyl (C=O) groups excluding carboxylic acids is 1. The number of amides is 1. The second-order valence-electron chi connectivity index (χ2n) is 6.24. The minimum absolute atomic E-state index is 0.0132. The predicted molar refractivity (Wildman–Crippen MR) is 82.1 cm³/mol. The van der Waals surface area contributed by atoms with Crippen molar-refractivity contribution in [3.8, 4) is 0 Å². The molecule has 0 radical (unpaired) electrons. The number of cyclic esters (lactones) is 1. The highest BCUT2D eigenvalue weighted by Gasteiger charge is 2.52. The Kier molecular flexibility index (Phi) is 3.89. The largest absolute Gasteiger partial charge is 0.441 e. The quantitative estimate of drug-likeness (QED) is 0.929. The Morgan fingerprint density at radius 1 is 1.29 bits per heavy atom. The van der Waals surface area contributed by atoms with Crippen molar-refractivity contribution in [1.29, 1.82) is 0 Å². The number of benzene rings is 1. The van der Waals surface area contributed by atoms with Crippen molar-refractivity contribution in [3.63, 3.8) is 0 Å². The van der Waals surface area contributed by atoms with Crippen LogP contribution in [0.1, 0.15) is 44.7 Å². The number of hydrogen-bond acceptors (Lipinski definition) is 3. The third kappa shape index (κ3) is 2.53. The van der Waals surface area contributed by atoms with Crippen molar-refractivity contribution in [1.82, 2.24) is 10.2 Å². The average molecular weight is 288 g/mol. The molecule has 0 spiro atoms. The topological polar surface area (TPSA) is 41.6 Å². The highest BCUT2D eigenvalue weighted by Crippen LogP contribution is 2.45. The zero-order valence-electron chi connectivity index (χ0n) is 12.8. The summed E-state index contributed by atoms with van der Waals surface area (Å²) in [6, 6.07) is 10.6. The molecule has 4 nitrogen and oxygen atoms in total. The van der Waals surface area contributed by atoms with Gasteiger partial charge in [0.2, 0.25) is 0 Å². The zero-order valence-corrected chi connectivity index (χ0v) is 12.8. The van der Waals surface area contributed by atoms with Crippen LogP contribution in [0.15, 0.2) is 30.3 Å². The molecule has 0 bridgehead atoms. The Hall–Kier alpha value is -1.55. The molecular weight excluding hydrogens is 264 g/mol. The average Bonchev–Trinajstić information content (AvgIpc) is 2.80. The molecule has 3 rings (SSSR count). The molecule has 2 heterocycles. The van der Waals surface area contributed by atoms with Gasteiger partial charge >= 0.3 is 6.09 Å². The van der Waals surface area contributed by atoms with Crippen LogP contribution in [0.25, 0.3) is 0 Å². The molecule has 0 aliphatic carbocycles. The Labute approximate surface area is 126 Å². The third-order valence-electron chi connectivity index (χ3n) is 4.91. The van der Waals surface area contributed by atoms with Crippen LogP contribution >= 0.6 is 0 Å². The van der Waals surface area contributed by atoms with Crippen LogP contribution in [-0.4, -0.2) is 35.7 Å². The summed E-state index contributed by atoms with van der Waals surface area (Å²) in [5.74, 6) is 0. The molecule has 1 amide bonds. The Morgan fingerprint density at radius 2 is 1.95 bits per heavy atom. The van der Waals surface area contributed by atoms with Gasteiger partial charge in [-0.15, -0.1) is 0 Å². The van der Waals surface area contributed by atoms with E-state index in [4.69, 9.17) is 4.74 Å². The molecule has 2 atom stereocenters. The number of carbonyl (C=O) groups is 1. The van der Waals surface area contributed by atoms with E-state index in [0.717, 1.165) is 32.4 Å². The van der Waals surface area contributed by atoms with Crippen LogP contribution in [0.4, 0.5) is 4.79 Å². The van der Waals surface area contributed by atoms with Crippen molar-refractivity contribution >= 4 is 6.09 Å². The molecular formula is C17H24N2O2. The van der Waals surface area contributed by atoms with E-state index in [-0.39, 0.29) is 18.2 Å². The minimum Gasteiger partial charge on any atom is -0.441 e. The van der Waals surface area contributed by atoms with Gasteiger partial charge in [0.25, 0.3) is 0 Å². The molecule has 0 saturated carbocycles. The Balaban J connectivity index is 1.97. The van der Waals surface area contributed by atoms with Gasteiger partial charge in [0.1, 0.15) is 11.6 Å². The molecule has 0 aromatic heterocycles. The summed E-state index contributed by atoms with van der Waals surface area (Å²) in [6.45, 7) is 6.09. The van der Waals surface area contributed by atoms with Gasteiger partial charge in [0, 0.05) is 6.04 Å². The lowest BCUT2D eigenvalue weighted by Gasteiger charge is -2.37. The van der Waals surface area contributed by atoms with Crippen LogP contribution in [0.5, 0.6) is 0 Å². The Morgan fingerprint density at radius 3 is 2.57 bits per heavy atom. The minimum atomic E-state index is -0.441. The molecule has 4 heteroatoms. The van der Waals surface area contributed by atoms with E-state index in [1.54, 1.807) is 0 Å². The first-order valence-corrected chi connectivity index (χ1v) is 7.92. The van der Waals surface area contributed by atoms with Gasteiger partial charge in [0.15, 0.2) is 0 Å². The molecule has 2 fully saturated rings. The van der Waals surface area contributed by atoms with E-state index in [9.17, 15) is 4.79 Å². The number of nitrogens with one attached hydrogen (secondary N) is 1. The number of nitrogens with zero attached hydrogens (tertiary/aromatic N) is 1. The van der Waals surface area contributed by atoms with Crippen molar-refractivity contribution in [2.45, 2.75) is 50.8 Å². The SMILES string of the molecule is CCC1(C)OC(=O)N(C2CCNCC2)[C@H]1c1ccccc1. The second kappa shape index (κ2) is 5.68. The van der Waals surface area contributed by atoms with E-state index in [2.05, 4.69) is 31.3 Å². The summed E-state index contributed by atoms with van der Waals surface area (Å²) >= 11 is 0. The number of hydrogen-bond donors (Lipinski definition) is 1. The third-order valence-corrected chi connectivity index (χ3v) is 4.91. The fraction of sp³-hybridized carbons (Fsp3) is 0.588. The van der Waals surface area contributed by atoms with E-state index in [1.807, 2.05) is 23.1 Å². The van der Waals surface area contributed by atoms with Gasteiger partial charge < -0.3 is 10.1 Å². The van der Waals surface area contributed by atoms with E-state index < -0.39 is 5.60 Å². The van der Waals surface area contributed by atoms with Gasteiger partial charge in [-0.1, -0.05) is 37.3 Å². The molecule has 1 aromatic rings. The maximum absolute atomic E-state index is 12.5. The van der Waals surface area contributed by atoms with E-state index in [1.165, 1.54) is 5.56 Å². The summed E-state index contributed by atoms with van der Waals surface area (Å²) in [7, 11) is 0. The van der Waals surface area contributed by atoms with Crippen LogP contribution in [-0.2, 0) is 4.74 Å². The highest BCUT2D eigenvalue weighted by molar-refractivity contribution is 5.72. The van der Waals surface area contributed by atoms with Gasteiger partial charge in [-0.2, -0.15) is 0 Å². The van der Waals surface area contributed by atoms with Crippen molar-refractivity contribution in [3.05, 3.63) is 35.9 Å². The van der Waals surface area contributed by atoms with Gasteiger partial charge in [-0.05, 0) is 44.8 Å². The molecule has 1 unspecified atom stereocenters. The highest BCUT2D eigenvalue weighted by atomic mass is 16.6. The number of piperidine rings is 1. The van der Waals surface area contributed by atoms with Crippen LogP contribution in [0.3, 0.4) is 0 Å². The lowest BCUT2D eigenvalue weighted by atomic mass is 9.86. The summed E-state index contributed by atoms with van der Waals surface area (Å²) < 4.78 is 5.80. The maximum Gasteiger partial charge on any atom is 0.411 e. The molecule has 21 heavy (non-hydrogen) atoms. The summed E-state index contributed by atoms with van der Waals surface area (Å²) in [6.07, 6.45) is 2.66. The fourth-order valence-electron chi connectivity index (χ4n) is 3.57. The Bertz CT molecular complexity index is 499. The molecule has 1 N–H and O–H groups in total. The standard InChI is InChI=1S/C17H24N2O2/c1-3-17(2)15(13-7-5-4-6-8-13)19(16(20)21-17)14-9-11-18-12-10-14/h4-8,14-15,18H,3,9-12H2,1-2H3/t15-,17?/m0/s1. The molecule has 2 saturated heterocycles.